The van der Waals surface area contributed by atoms with Gasteiger partial charge in [0.25, 0.3) is 5.91 Å². The number of aromatic nitrogens is 2. The number of carboxylic acids is 1. The van der Waals surface area contributed by atoms with E-state index in [1.54, 1.807) is 10.9 Å². The summed E-state index contributed by atoms with van der Waals surface area (Å²) in [6.07, 6.45) is 2.76. The lowest BCUT2D eigenvalue weighted by molar-refractivity contribution is -0.151. The monoisotopic (exact) mass is 540 g/mol. The van der Waals surface area contributed by atoms with Crippen LogP contribution in [0.3, 0.4) is 0 Å². The maximum Gasteiger partial charge on any atom is 0.387 e. The summed E-state index contributed by atoms with van der Waals surface area (Å²) in [6, 6.07) is 5.98. The van der Waals surface area contributed by atoms with Crippen LogP contribution in [-0.2, 0) is 19.9 Å². The second kappa shape index (κ2) is 10.9. The average molecular weight is 541 g/mol. The summed E-state index contributed by atoms with van der Waals surface area (Å²) in [5.74, 6) is -1.47. The fourth-order valence-corrected chi connectivity index (χ4v) is 5.31. The van der Waals surface area contributed by atoms with Crippen LogP contribution in [0.1, 0.15) is 44.7 Å². The first-order chi connectivity index (χ1) is 17.6. The van der Waals surface area contributed by atoms with Gasteiger partial charge >= 0.3 is 12.6 Å². The van der Waals surface area contributed by atoms with Gasteiger partial charge in [-0.15, -0.1) is 0 Å². The smallest absolute Gasteiger partial charge is 0.387 e. The van der Waals surface area contributed by atoms with Gasteiger partial charge < -0.3 is 24.8 Å². The van der Waals surface area contributed by atoms with Gasteiger partial charge in [-0.2, -0.15) is 13.9 Å². The number of carbonyl (C=O) groups excluding carboxylic acids is 1. The third kappa shape index (κ3) is 5.58. The normalized spacial score (nSPS) is 21.9. The molecule has 0 spiro atoms. The highest BCUT2D eigenvalue weighted by atomic mass is 35.5. The van der Waals surface area contributed by atoms with Crippen molar-refractivity contribution < 1.29 is 33.0 Å². The number of alkyl halides is 2. The average Bonchev–Trinajstić information content (AvgIpc) is 3.52. The summed E-state index contributed by atoms with van der Waals surface area (Å²) in [5, 5.41) is 17.3. The van der Waals surface area contributed by atoms with Gasteiger partial charge in [0, 0.05) is 49.2 Å². The van der Waals surface area contributed by atoms with Crippen molar-refractivity contribution in [3.05, 3.63) is 41.2 Å². The Kier molecular flexibility index (Phi) is 8.05. The summed E-state index contributed by atoms with van der Waals surface area (Å²) < 4.78 is 37.7. The second-order valence-corrected chi connectivity index (χ2v) is 10.4. The number of carbonyl (C=O) groups is 2. The van der Waals surface area contributed by atoms with Gasteiger partial charge in [-0.1, -0.05) is 25.4 Å². The lowest BCUT2D eigenvalue weighted by atomic mass is 9.82. The molecule has 0 saturated carbocycles. The lowest BCUT2D eigenvalue weighted by Crippen LogP contribution is -2.56. The van der Waals surface area contributed by atoms with Gasteiger partial charge in [-0.25, -0.2) is 0 Å². The standard InChI is InChI=1S/C25H31ClF2N4O5/c1-16(2)19-5-9-29-32(19)25(21(33)30-18-4-3-17(26)13-20(18)37-23(27)28)6-10-31(11-7-25)14-24(22(34)35)8-12-36-15-24/h3-5,9,13,16,23H,6-8,10-12,14-15H2,1-2H3,(H,30,33)(H,34,35)/t24-/m0/s1. The summed E-state index contributed by atoms with van der Waals surface area (Å²) >= 11 is 5.96. The third-order valence-electron chi connectivity index (χ3n) is 7.27. The molecule has 1 aromatic carbocycles. The maximum atomic E-state index is 13.9. The summed E-state index contributed by atoms with van der Waals surface area (Å²) in [6.45, 7) is 2.68. The van der Waals surface area contributed by atoms with Crippen LogP contribution in [-0.4, -0.2) is 71.1 Å². The number of anilines is 1. The Morgan fingerprint density at radius 2 is 1.97 bits per heavy atom. The van der Waals surface area contributed by atoms with E-state index in [9.17, 15) is 23.5 Å². The van der Waals surface area contributed by atoms with Crippen molar-refractivity contribution in [1.29, 1.82) is 0 Å². The Hall–Kier alpha value is -2.76. The minimum Gasteiger partial charge on any atom is -0.481 e. The van der Waals surface area contributed by atoms with Crippen molar-refractivity contribution >= 4 is 29.2 Å². The number of carboxylic acid groups (broad SMARTS) is 1. The highest BCUT2D eigenvalue weighted by Crippen LogP contribution is 2.38. The molecule has 1 amide bonds. The summed E-state index contributed by atoms with van der Waals surface area (Å²) in [5.41, 5.74) is -1.16. The van der Waals surface area contributed by atoms with Crippen molar-refractivity contribution in [2.75, 3.05) is 38.2 Å². The molecule has 0 aliphatic carbocycles. The zero-order chi connectivity index (χ0) is 26.8. The number of benzene rings is 1. The molecule has 9 nitrogen and oxygen atoms in total. The van der Waals surface area contributed by atoms with Gasteiger partial charge in [0.1, 0.15) is 11.0 Å². The number of likely N-dealkylation sites (tertiary alicyclic amines) is 1. The number of piperidine rings is 1. The van der Waals surface area contributed by atoms with Crippen molar-refractivity contribution in [3.63, 3.8) is 0 Å². The first kappa shape index (κ1) is 27.3. The molecule has 12 heteroatoms. The van der Waals surface area contributed by atoms with Crippen molar-refractivity contribution in [2.24, 2.45) is 5.41 Å². The highest BCUT2D eigenvalue weighted by Gasteiger charge is 2.49. The zero-order valence-electron chi connectivity index (χ0n) is 20.8. The van der Waals surface area contributed by atoms with E-state index in [0.717, 1.165) is 5.69 Å². The van der Waals surface area contributed by atoms with E-state index in [4.69, 9.17) is 16.3 Å². The zero-order valence-corrected chi connectivity index (χ0v) is 21.5. The summed E-state index contributed by atoms with van der Waals surface area (Å²) in [4.78, 5) is 28.0. The number of aliphatic carboxylic acids is 1. The quantitative estimate of drug-likeness (QED) is 0.491. The molecule has 3 heterocycles. The molecule has 1 aromatic heterocycles. The molecule has 2 N–H and O–H groups in total. The molecular weight excluding hydrogens is 510 g/mol. The number of amides is 1. The molecule has 37 heavy (non-hydrogen) atoms. The van der Waals surface area contributed by atoms with Crippen LogP contribution >= 0.6 is 11.6 Å². The van der Waals surface area contributed by atoms with E-state index >= 15 is 0 Å². The minimum atomic E-state index is -3.09. The number of hydrogen-bond donors (Lipinski definition) is 2. The first-order valence-corrected chi connectivity index (χ1v) is 12.6. The van der Waals surface area contributed by atoms with Crippen LogP contribution in [0.2, 0.25) is 5.02 Å². The van der Waals surface area contributed by atoms with E-state index in [1.165, 1.54) is 18.2 Å². The van der Waals surface area contributed by atoms with Crippen LogP contribution < -0.4 is 10.1 Å². The highest BCUT2D eigenvalue weighted by molar-refractivity contribution is 6.30. The maximum absolute atomic E-state index is 13.9. The van der Waals surface area contributed by atoms with E-state index in [1.807, 2.05) is 24.8 Å². The molecule has 1 atom stereocenters. The van der Waals surface area contributed by atoms with Crippen LogP contribution in [0.4, 0.5) is 14.5 Å². The van der Waals surface area contributed by atoms with Gasteiger partial charge in [0.2, 0.25) is 0 Å². The Morgan fingerprint density at radius 3 is 2.57 bits per heavy atom. The third-order valence-corrected chi connectivity index (χ3v) is 7.50. The Balaban J connectivity index is 1.62. The second-order valence-electron chi connectivity index (χ2n) is 9.99. The summed E-state index contributed by atoms with van der Waals surface area (Å²) in [7, 11) is 0. The topological polar surface area (TPSA) is 106 Å². The Labute approximate surface area is 218 Å². The van der Waals surface area contributed by atoms with Gasteiger partial charge in [-0.3, -0.25) is 14.3 Å². The number of nitrogens with one attached hydrogen (secondary N) is 1. The van der Waals surface area contributed by atoms with Crippen LogP contribution in [0, 0.1) is 5.41 Å². The molecule has 2 aliphatic rings. The molecule has 0 bridgehead atoms. The van der Waals surface area contributed by atoms with E-state index in [2.05, 4.69) is 15.2 Å². The molecule has 2 aromatic rings. The molecule has 2 aliphatic heterocycles. The van der Waals surface area contributed by atoms with E-state index in [0.29, 0.717) is 45.5 Å². The van der Waals surface area contributed by atoms with Crippen molar-refractivity contribution in [1.82, 2.24) is 14.7 Å². The van der Waals surface area contributed by atoms with Crippen LogP contribution in [0.15, 0.2) is 30.5 Å². The van der Waals surface area contributed by atoms with E-state index < -0.39 is 29.4 Å². The van der Waals surface area contributed by atoms with E-state index in [-0.39, 0.29) is 29.0 Å². The fourth-order valence-electron chi connectivity index (χ4n) is 5.15. The molecule has 0 unspecified atom stereocenters. The van der Waals surface area contributed by atoms with Gasteiger partial charge in [0.05, 0.1) is 12.3 Å². The SMILES string of the molecule is CC(C)c1ccnn1C1(C(=O)Nc2ccc(Cl)cc2OC(F)F)CCN(C[C@@]2(C(=O)O)CCOC2)CC1. The number of halogens is 3. The Morgan fingerprint density at radius 1 is 1.24 bits per heavy atom. The number of ether oxygens (including phenoxy) is 2. The van der Waals surface area contributed by atoms with Gasteiger partial charge in [0.15, 0.2) is 5.75 Å². The lowest BCUT2D eigenvalue weighted by Gasteiger charge is -2.43. The molecule has 2 fully saturated rings. The minimum absolute atomic E-state index is 0.0719. The number of nitrogens with zero attached hydrogens (tertiary/aromatic N) is 3. The van der Waals surface area contributed by atoms with Crippen molar-refractivity contribution in [3.8, 4) is 5.75 Å². The number of hydrogen-bond acceptors (Lipinski definition) is 6. The molecule has 2 saturated heterocycles. The largest absolute Gasteiger partial charge is 0.481 e. The predicted octanol–water partition coefficient (Wildman–Crippen LogP) is 4.18. The molecule has 0 radical (unpaired) electrons. The van der Waals surface area contributed by atoms with Crippen LogP contribution in [0.5, 0.6) is 5.75 Å². The first-order valence-electron chi connectivity index (χ1n) is 12.2. The molecule has 202 valence electrons. The molecule has 4 rings (SSSR count). The molecular formula is C25H31ClF2N4O5. The van der Waals surface area contributed by atoms with Crippen LogP contribution in [0.25, 0.3) is 0 Å². The fraction of sp³-hybridized carbons (Fsp3) is 0.560. The number of rotatable bonds is 9. The van der Waals surface area contributed by atoms with Gasteiger partial charge in [-0.05, 0) is 43.4 Å². The predicted molar refractivity (Wildman–Crippen MR) is 132 cm³/mol. The Bertz CT molecular complexity index is 1130. The van der Waals surface area contributed by atoms with Crippen molar-refractivity contribution in [2.45, 2.75) is 51.2 Å².